The Morgan fingerprint density at radius 1 is 1.25 bits per heavy atom. The van der Waals surface area contributed by atoms with Crippen molar-refractivity contribution in [2.75, 3.05) is 5.32 Å². The fourth-order valence-corrected chi connectivity index (χ4v) is 2.35. The number of hydrogen-bond donors (Lipinski definition) is 1. The first-order valence-corrected chi connectivity index (χ1v) is 7.73. The summed E-state index contributed by atoms with van der Waals surface area (Å²) < 4.78 is 5.74. The summed E-state index contributed by atoms with van der Waals surface area (Å²) in [6, 6.07) is 12.1. The first-order valence-electron chi connectivity index (χ1n) is 7.73. The van der Waals surface area contributed by atoms with Crippen molar-refractivity contribution in [2.45, 2.75) is 33.3 Å². The van der Waals surface area contributed by atoms with Gasteiger partial charge in [0.05, 0.1) is 16.2 Å². The summed E-state index contributed by atoms with van der Waals surface area (Å²) in [5.74, 6) is 0.308. The number of nitro benzene ring substituents is 1. The number of hydrogen-bond acceptors (Lipinski definition) is 4. The van der Waals surface area contributed by atoms with E-state index in [1.807, 2.05) is 31.2 Å². The van der Waals surface area contributed by atoms with Crippen LogP contribution in [0.3, 0.4) is 0 Å². The molecule has 126 valence electrons. The number of anilines is 1. The Hall–Kier alpha value is -2.89. The molecule has 1 atom stereocenters. The second-order valence-corrected chi connectivity index (χ2v) is 5.42. The van der Waals surface area contributed by atoms with E-state index in [-0.39, 0.29) is 11.6 Å². The van der Waals surface area contributed by atoms with Gasteiger partial charge in [0, 0.05) is 6.07 Å². The third kappa shape index (κ3) is 3.90. The number of nitro groups is 1. The van der Waals surface area contributed by atoms with Crippen molar-refractivity contribution >= 4 is 17.3 Å². The van der Waals surface area contributed by atoms with E-state index in [0.717, 1.165) is 12.0 Å². The van der Waals surface area contributed by atoms with Crippen LogP contribution < -0.4 is 10.1 Å². The summed E-state index contributed by atoms with van der Waals surface area (Å²) in [5, 5.41) is 13.7. The molecule has 0 spiro atoms. The molecule has 0 fully saturated rings. The Labute approximate surface area is 140 Å². The molecule has 0 saturated carbocycles. The molecule has 2 rings (SSSR count). The summed E-state index contributed by atoms with van der Waals surface area (Å²) in [6.45, 7) is 5.26. The molecule has 0 saturated heterocycles. The number of carbonyl (C=O) groups excluding carboxylic acids is 1. The summed E-state index contributed by atoms with van der Waals surface area (Å²) in [7, 11) is 0. The van der Waals surface area contributed by atoms with Crippen LogP contribution in [0.15, 0.2) is 42.5 Å². The zero-order valence-electron chi connectivity index (χ0n) is 13.9. The molecule has 0 heterocycles. The average molecular weight is 328 g/mol. The Kier molecular flexibility index (Phi) is 5.52. The summed E-state index contributed by atoms with van der Waals surface area (Å²) in [5.41, 5.74) is 1.81. The number of aryl methyl sites for hydroxylation is 1. The molecule has 1 amide bonds. The molecule has 0 aliphatic heterocycles. The van der Waals surface area contributed by atoms with E-state index in [0.29, 0.717) is 17.0 Å². The highest BCUT2D eigenvalue weighted by Crippen LogP contribution is 2.25. The van der Waals surface area contributed by atoms with Gasteiger partial charge in [-0.15, -0.1) is 0 Å². The number of amides is 1. The lowest BCUT2D eigenvalue weighted by atomic mass is 10.1. The zero-order chi connectivity index (χ0) is 17.7. The fourth-order valence-electron chi connectivity index (χ4n) is 2.35. The number of ether oxygens (including phenoxy) is 1. The van der Waals surface area contributed by atoms with Gasteiger partial charge in [0.15, 0.2) is 6.10 Å². The van der Waals surface area contributed by atoms with Crippen LogP contribution in [0.4, 0.5) is 11.4 Å². The van der Waals surface area contributed by atoms with Crippen molar-refractivity contribution in [3.05, 3.63) is 63.7 Å². The Bertz CT molecular complexity index is 758. The van der Waals surface area contributed by atoms with E-state index in [9.17, 15) is 14.9 Å². The molecule has 24 heavy (non-hydrogen) atoms. The second-order valence-electron chi connectivity index (χ2n) is 5.42. The lowest BCUT2D eigenvalue weighted by Gasteiger charge is -2.17. The molecule has 0 bridgehead atoms. The summed E-state index contributed by atoms with van der Waals surface area (Å²) >= 11 is 0. The number of carbonyl (C=O) groups is 1. The minimum Gasteiger partial charge on any atom is -0.481 e. The van der Waals surface area contributed by atoms with Gasteiger partial charge in [-0.3, -0.25) is 14.9 Å². The predicted molar refractivity (Wildman–Crippen MR) is 92.4 cm³/mol. The smallest absolute Gasteiger partial charge is 0.274 e. The number of nitrogens with zero attached hydrogens (tertiary/aromatic N) is 1. The third-order valence-electron chi connectivity index (χ3n) is 3.79. The molecule has 0 aliphatic carbocycles. The van der Waals surface area contributed by atoms with Crippen molar-refractivity contribution in [1.29, 1.82) is 0 Å². The molecule has 0 aliphatic rings. The SMILES string of the molecule is CCc1ccccc1O[C@@H](C)C(=O)Nc1cccc([N+](=O)[O-])c1C. The van der Waals surface area contributed by atoms with Gasteiger partial charge < -0.3 is 10.1 Å². The van der Waals surface area contributed by atoms with Gasteiger partial charge in [-0.2, -0.15) is 0 Å². The number of para-hydroxylation sites is 1. The van der Waals surface area contributed by atoms with E-state index < -0.39 is 11.0 Å². The van der Waals surface area contributed by atoms with Gasteiger partial charge >= 0.3 is 0 Å². The normalized spacial score (nSPS) is 11.6. The topological polar surface area (TPSA) is 81.5 Å². The fraction of sp³-hybridized carbons (Fsp3) is 0.278. The maximum atomic E-state index is 12.3. The van der Waals surface area contributed by atoms with Gasteiger partial charge in [-0.1, -0.05) is 31.2 Å². The molecule has 6 heteroatoms. The number of rotatable bonds is 6. The zero-order valence-corrected chi connectivity index (χ0v) is 13.9. The second kappa shape index (κ2) is 7.59. The van der Waals surface area contributed by atoms with Crippen LogP contribution in [0, 0.1) is 17.0 Å². The van der Waals surface area contributed by atoms with Crippen LogP contribution in [0.25, 0.3) is 0 Å². The van der Waals surface area contributed by atoms with Crippen LogP contribution in [0.5, 0.6) is 5.75 Å². The number of nitrogens with one attached hydrogen (secondary N) is 1. The highest BCUT2D eigenvalue weighted by molar-refractivity contribution is 5.95. The first-order chi connectivity index (χ1) is 11.4. The Morgan fingerprint density at radius 3 is 2.62 bits per heavy atom. The lowest BCUT2D eigenvalue weighted by molar-refractivity contribution is -0.385. The van der Waals surface area contributed by atoms with Crippen molar-refractivity contribution < 1.29 is 14.5 Å². The summed E-state index contributed by atoms with van der Waals surface area (Å²) in [6.07, 6.45) is 0.0745. The molecule has 0 unspecified atom stereocenters. The maximum absolute atomic E-state index is 12.3. The minimum absolute atomic E-state index is 0.0299. The van der Waals surface area contributed by atoms with Gasteiger partial charge in [0.25, 0.3) is 11.6 Å². The van der Waals surface area contributed by atoms with Crippen molar-refractivity contribution in [3.8, 4) is 5.75 Å². The highest BCUT2D eigenvalue weighted by Gasteiger charge is 2.19. The van der Waals surface area contributed by atoms with E-state index in [1.165, 1.54) is 6.07 Å². The highest BCUT2D eigenvalue weighted by atomic mass is 16.6. The van der Waals surface area contributed by atoms with Crippen LogP contribution in [0.2, 0.25) is 0 Å². The van der Waals surface area contributed by atoms with E-state index in [4.69, 9.17) is 4.74 Å². The molecular formula is C18H20N2O4. The molecule has 6 nitrogen and oxygen atoms in total. The maximum Gasteiger partial charge on any atom is 0.274 e. The Morgan fingerprint density at radius 2 is 1.96 bits per heavy atom. The van der Waals surface area contributed by atoms with E-state index >= 15 is 0 Å². The van der Waals surface area contributed by atoms with Gasteiger partial charge in [-0.05, 0) is 38.0 Å². The minimum atomic E-state index is -0.726. The lowest BCUT2D eigenvalue weighted by Crippen LogP contribution is -2.30. The van der Waals surface area contributed by atoms with Crippen LogP contribution in [-0.2, 0) is 11.2 Å². The van der Waals surface area contributed by atoms with Gasteiger partial charge in [0.1, 0.15) is 5.75 Å². The first kappa shape index (κ1) is 17.5. The average Bonchev–Trinajstić information content (AvgIpc) is 2.56. The molecule has 1 N–H and O–H groups in total. The molecular weight excluding hydrogens is 308 g/mol. The van der Waals surface area contributed by atoms with E-state index in [1.54, 1.807) is 26.0 Å². The molecule has 2 aromatic rings. The van der Waals surface area contributed by atoms with Crippen molar-refractivity contribution in [1.82, 2.24) is 0 Å². The predicted octanol–water partition coefficient (Wildman–Crippen LogP) is 3.87. The summed E-state index contributed by atoms with van der Waals surface area (Å²) in [4.78, 5) is 22.8. The largest absolute Gasteiger partial charge is 0.481 e. The van der Waals surface area contributed by atoms with Crippen molar-refractivity contribution in [2.24, 2.45) is 0 Å². The van der Waals surface area contributed by atoms with Crippen LogP contribution in [0.1, 0.15) is 25.0 Å². The molecule has 0 radical (unpaired) electrons. The molecule has 2 aromatic carbocycles. The van der Waals surface area contributed by atoms with Crippen LogP contribution in [-0.4, -0.2) is 16.9 Å². The monoisotopic (exact) mass is 328 g/mol. The van der Waals surface area contributed by atoms with Gasteiger partial charge in [0.2, 0.25) is 0 Å². The standard InChI is InChI=1S/C18H20N2O4/c1-4-14-8-5-6-11-17(14)24-13(3)18(21)19-15-9-7-10-16(12(15)2)20(22)23/h5-11,13H,4H2,1-3H3,(H,19,21)/t13-/m0/s1. The van der Waals surface area contributed by atoms with E-state index in [2.05, 4.69) is 5.32 Å². The quantitative estimate of drug-likeness (QED) is 0.644. The number of benzene rings is 2. The third-order valence-corrected chi connectivity index (χ3v) is 3.79. The van der Waals surface area contributed by atoms with Gasteiger partial charge in [-0.25, -0.2) is 0 Å². The van der Waals surface area contributed by atoms with Crippen molar-refractivity contribution in [3.63, 3.8) is 0 Å². The molecule has 0 aromatic heterocycles. The Balaban J connectivity index is 2.12. The van der Waals surface area contributed by atoms with Crippen LogP contribution >= 0.6 is 0 Å².